The van der Waals surface area contributed by atoms with Gasteiger partial charge in [-0.3, -0.25) is 4.90 Å². The van der Waals surface area contributed by atoms with Crippen molar-refractivity contribution in [1.29, 1.82) is 0 Å². The van der Waals surface area contributed by atoms with Crippen molar-refractivity contribution >= 4 is 15.9 Å². The minimum Gasteiger partial charge on any atom is -0.296 e. The van der Waals surface area contributed by atoms with E-state index in [1.807, 2.05) is 0 Å². The normalized spacial score (nSPS) is 11.4. The Bertz CT molecular complexity index is 334. The summed E-state index contributed by atoms with van der Waals surface area (Å²) in [7, 11) is 0. The summed E-state index contributed by atoms with van der Waals surface area (Å²) in [5, 5.41) is 1.04. The van der Waals surface area contributed by atoms with Gasteiger partial charge in [-0.2, -0.15) is 0 Å². The first-order valence-corrected chi connectivity index (χ1v) is 7.03. The van der Waals surface area contributed by atoms with Gasteiger partial charge in [-0.1, -0.05) is 39.7 Å². The van der Waals surface area contributed by atoms with Gasteiger partial charge in [0.2, 0.25) is 0 Å². The first-order valence-electron chi connectivity index (χ1n) is 5.90. The SMILES string of the molecule is Cc1ccc(C)c(CN(CCBr)C(C)C)c1. The molecule has 1 aromatic rings. The fourth-order valence-electron chi connectivity index (χ4n) is 1.82. The summed E-state index contributed by atoms with van der Waals surface area (Å²) in [5.41, 5.74) is 4.20. The first kappa shape index (κ1) is 13.7. The average Bonchev–Trinajstić information content (AvgIpc) is 2.22. The highest BCUT2D eigenvalue weighted by Crippen LogP contribution is 2.15. The van der Waals surface area contributed by atoms with Crippen LogP contribution >= 0.6 is 15.9 Å². The lowest BCUT2D eigenvalue weighted by Crippen LogP contribution is -2.32. The largest absolute Gasteiger partial charge is 0.296 e. The van der Waals surface area contributed by atoms with Gasteiger partial charge in [0.15, 0.2) is 0 Å². The third kappa shape index (κ3) is 3.91. The molecule has 0 unspecified atom stereocenters. The molecule has 0 aliphatic rings. The Kier molecular flexibility index (Phi) is 5.50. The van der Waals surface area contributed by atoms with Crippen LogP contribution < -0.4 is 0 Å². The van der Waals surface area contributed by atoms with Gasteiger partial charge in [-0.15, -0.1) is 0 Å². The number of hydrogen-bond acceptors (Lipinski definition) is 1. The molecule has 1 rings (SSSR count). The summed E-state index contributed by atoms with van der Waals surface area (Å²) in [6, 6.07) is 7.30. The monoisotopic (exact) mass is 283 g/mol. The van der Waals surface area contributed by atoms with Crippen LogP contribution in [0.3, 0.4) is 0 Å². The molecule has 1 aromatic carbocycles. The zero-order valence-corrected chi connectivity index (χ0v) is 12.3. The van der Waals surface area contributed by atoms with Crippen LogP contribution in [0.5, 0.6) is 0 Å². The number of rotatable bonds is 5. The Balaban J connectivity index is 2.80. The zero-order valence-electron chi connectivity index (χ0n) is 10.8. The smallest absolute Gasteiger partial charge is 0.0239 e. The Morgan fingerprint density at radius 1 is 1.25 bits per heavy atom. The van der Waals surface area contributed by atoms with Crippen molar-refractivity contribution in [2.75, 3.05) is 11.9 Å². The molecule has 0 amide bonds. The van der Waals surface area contributed by atoms with Gasteiger partial charge in [0.1, 0.15) is 0 Å². The third-order valence-corrected chi connectivity index (χ3v) is 3.33. The van der Waals surface area contributed by atoms with Crippen LogP contribution in [0.4, 0.5) is 0 Å². The minimum absolute atomic E-state index is 0.595. The number of benzene rings is 1. The summed E-state index contributed by atoms with van der Waals surface area (Å²) in [6.45, 7) is 11.0. The van der Waals surface area contributed by atoms with E-state index in [1.165, 1.54) is 16.7 Å². The molecule has 0 bridgehead atoms. The van der Waals surface area contributed by atoms with Gasteiger partial charge in [-0.05, 0) is 38.8 Å². The van der Waals surface area contributed by atoms with Crippen LogP contribution in [0.15, 0.2) is 18.2 Å². The van der Waals surface area contributed by atoms with E-state index < -0.39 is 0 Å². The number of nitrogens with zero attached hydrogens (tertiary/aromatic N) is 1. The second-order valence-corrected chi connectivity index (χ2v) is 5.48. The van der Waals surface area contributed by atoms with E-state index in [2.05, 4.69) is 66.7 Å². The van der Waals surface area contributed by atoms with Crippen LogP contribution in [0.2, 0.25) is 0 Å². The molecule has 0 N–H and O–H groups in total. The summed E-state index contributed by atoms with van der Waals surface area (Å²) < 4.78 is 0. The molecule has 0 heterocycles. The van der Waals surface area contributed by atoms with Crippen molar-refractivity contribution in [1.82, 2.24) is 4.90 Å². The maximum absolute atomic E-state index is 3.52. The van der Waals surface area contributed by atoms with E-state index >= 15 is 0 Å². The summed E-state index contributed by atoms with van der Waals surface area (Å²) in [4.78, 5) is 2.50. The molecule has 0 atom stereocenters. The fourth-order valence-corrected chi connectivity index (χ4v) is 2.27. The number of aryl methyl sites for hydroxylation is 2. The lowest BCUT2D eigenvalue weighted by atomic mass is 10.0. The second-order valence-electron chi connectivity index (χ2n) is 4.68. The van der Waals surface area contributed by atoms with E-state index in [-0.39, 0.29) is 0 Å². The molecule has 2 heteroatoms. The van der Waals surface area contributed by atoms with Crippen molar-refractivity contribution in [3.05, 3.63) is 34.9 Å². The van der Waals surface area contributed by atoms with Gasteiger partial charge in [0.05, 0.1) is 0 Å². The van der Waals surface area contributed by atoms with E-state index in [0.29, 0.717) is 6.04 Å². The maximum atomic E-state index is 3.52. The molecule has 0 aliphatic heterocycles. The number of halogens is 1. The van der Waals surface area contributed by atoms with Crippen molar-refractivity contribution in [2.24, 2.45) is 0 Å². The molecule has 16 heavy (non-hydrogen) atoms. The highest BCUT2D eigenvalue weighted by Gasteiger charge is 2.10. The van der Waals surface area contributed by atoms with Gasteiger partial charge in [0.25, 0.3) is 0 Å². The van der Waals surface area contributed by atoms with E-state index in [9.17, 15) is 0 Å². The predicted octanol–water partition coefficient (Wildman–Crippen LogP) is 3.91. The molecule has 0 spiro atoms. The van der Waals surface area contributed by atoms with Gasteiger partial charge < -0.3 is 0 Å². The Hall–Kier alpha value is -0.340. The van der Waals surface area contributed by atoms with E-state index in [1.54, 1.807) is 0 Å². The molecular formula is C14H22BrN. The quantitative estimate of drug-likeness (QED) is 0.741. The molecule has 0 aromatic heterocycles. The molecule has 1 nitrogen and oxygen atoms in total. The first-order chi connectivity index (χ1) is 7.54. The lowest BCUT2D eigenvalue weighted by Gasteiger charge is -2.26. The molecule has 90 valence electrons. The number of hydrogen-bond donors (Lipinski definition) is 0. The fraction of sp³-hybridized carbons (Fsp3) is 0.571. The highest BCUT2D eigenvalue weighted by atomic mass is 79.9. The maximum Gasteiger partial charge on any atom is 0.0239 e. The van der Waals surface area contributed by atoms with Crippen molar-refractivity contribution in [3.63, 3.8) is 0 Å². The van der Waals surface area contributed by atoms with Crippen LogP contribution in [-0.2, 0) is 6.54 Å². The minimum atomic E-state index is 0.595. The third-order valence-electron chi connectivity index (χ3n) is 2.98. The van der Waals surface area contributed by atoms with Gasteiger partial charge >= 0.3 is 0 Å². The average molecular weight is 284 g/mol. The van der Waals surface area contributed by atoms with Crippen LogP contribution in [0.1, 0.15) is 30.5 Å². The van der Waals surface area contributed by atoms with Gasteiger partial charge in [-0.25, -0.2) is 0 Å². The van der Waals surface area contributed by atoms with Gasteiger partial charge in [0, 0.05) is 24.5 Å². The van der Waals surface area contributed by atoms with E-state index in [4.69, 9.17) is 0 Å². The summed E-state index contributed by atoms with van der Waals surface area (Å²) in [6.07, 6.45) is 0. The van der Waals surface area contributed by atoms with Crippen LogP contribution in [0, 0.1) is 13.8 Å². The molecule has 0 radical (unpaired) electrons. The topological polar surface area (TPSA) is 3.24 Å². The highest BCUT2D eigenvalue weighted by molar-refractivity contribution is 9.09. The summed E-state index contributed by atoms with van der Waals surface area (Å²) in [5.74, 6) is 0. The van der Waals surface area contributed by atoms with Crippen molar-refractivity contribution in [2.45, 2.75) is 40.3 Å². The lowest BCUT2D eigenvalue weighted by molar-refractivity contribution is 0.227. The zero-order chi connectivity index (χ0) is 12.1. The van der Waals surface area contributed by atoms with Crippen LogP contribution in [-0.4, -0.2) is 22.8 Å². The van der Waals surface area contributed by atoms with Crippen molar-refractivity contribution in [3.8, 4) is 0 Å². The standard InChI is InChI=1S/C14H22BrN/c1-11(2)16(8-7-15)10-14-9-12(3)5-6-13(14)4/h5-6,9,11H,7-8,10H2,1-4H3. The predicted molar refractivity (Wildman–Crippen MR) is 75.3 cm³/mol. The van der Waals surface area contributed by atoms with Crippen LogP contribution in [0.25, 0.3) is 0 Å². The van der Waals surface area contributed by atoms with Crippen molar-refractivity contribution < 1.29 is 0 Å². The Labute approximate surface area is 108 Å². The summed E-state index contributed by atoms with van der Waals surface area (Å²) >= 11 is 3.52. The molecule has 0 aliphatic carbocycles. The Morgan fingerprint density at radius 3 is 2.50 bits per heavy atom. The Morgan fingerprint density at radius 2 is 1.94 bits per heavy atom. The molecule has 0 fully saturated rings. The number of alkyl halides is 1. The molecule has 0 saturated carbocycles. The molecule has 0 saturated heterocycles. The molecular weight excluding hydrogens is 262 g/mol. The van der Waals surface area contributed by atoms with E-state index in [0.717, 1.165) is 18.4 Å². The second kappa shape index (κ2) is 6.41.